The molecular weight excluding hydrogens is 254 g/mol. The molecule has 0 spiro atoms. The van der Waals surface area contributed by atoms with Gasteiger partial charge in [0.1, 0.15) is 5.75 Å². The third-order valence-corrected chi connectivity index (χ3v) is 3.47. The van der Waals surface area contributed by atoms with Gasteiger partial charge in [0, 0.05) is 48.7 Å². The van der Waals surface area contributed by atoms with Crippen LogP contribution in [0.3, 0.4) is 0 Å². The third-order valence-electron chi connectivity index (χ3n) is 3.47. The lowest BCUT2D eigenvalue weighted by molar-refractivity contribution is 0.140. The fraction of sp³-hybridized carbons (Fsp3) is 0.667. The molecule has 1 aromatic rings. The van der Waals surface area contributed by atoms with Crippen molar-refractivity contribution in [2.75, 3.05) is 20.3 Å². The van der Waals surface area contributed by atoms with Crippen molar-refractivity contribution in [3.05, 3.63) is 23.0 Å². The van der Waals surface area contributed by atoms with Crippen molar-refractivity contribution in [2.24, 2.45) is 5.84 Å². The summed E-state index contributed by atoms with van der Waals surface area (Å²) in [5.74, 6) is 6.55. The first kappa shape index (κ1) is 16.9. The van der Waals surface area contributed by atoms with Crippen molar-refractivity contribution < 1.29 is 9.47 Å². The maximum atomic E-state index is 5.64. The molecule has 0 bridgehead atoms. The third kappa shape index (κ3) is 4.74. The monoisotopic (exact) mass is 281 g/mol. The molecule has 3 N–H and O–H groups in total. The Morgan fingerprint density at radius 3 is 2.75 bits per heavy atom. The number of nitrogens with one attached hydrogen (secondary N) is 1. The van der Waals surface area contributed by atoms with E-state index in [1.165, 1.54) is 0 Å². The van der Waals surface area contributed by atoms with Crippen LogP contribution in [-0.2, 0) is 11.2 Å². The number of pyridine rings is 1. The predicted octanol–water partition coefficient (Wildman–Crippen LogP) is 1.90. The van der Waals surface area contributed by atoms with E-state index in [0.29, 0.717) is 0 Å². The van der Waals surface area contributed by atoms with Gasteiger partial charge in [-0.1, -0.05) is 0 Å². The Bertz CT molecular complexity index is 410. The highest BCUT2D eigenvalue weighted by atomic mass is 16.5. The lowest BCUT2D eigenvalue weighted by atomic mass is 10.0. The zero-order chi connectivity index (χ0) is 15.0. The second kappa shape index (κ2) is 8.89. The highest BCUT2D eigenvalue weighted by Crippen LogP contribution is 2.24. The molecule has 5 heteroatoms. The van der Waals surface area contributed by atoms with E-state index in [1.54, 1.807) is 7.11 Å². The number of hydrogen-bond donors (Lipinski definition) is 2. The van der Waals surface area contributed by atoms with Crippen molar-refractivity contribution in [2.45, 2.75) is 46.1 Å². The maximum absolute atomic E-state index is 5.64. The lowest BCUT2D eigenvalue weighted by Crippen LogP contribution is -2.37. The van der Waals surface area contributed by atoms with E-state index in [0.717, 1.165) is 55.0 Å². The zero-order valence-electron chi connectivity index (χ0n) is 13.0. The van der Waals surface area contributed by atoms with Crippen LogP contribution in [0.4, 0.5) is 0 Å². The van der Waals surface area contributed by atoms with Crippen LogP contribution in [0.15, 0.2) is 6.20 Å². The molecule has 0 saturated carbocycles. The molecule has 114 valence electrons. The Labute approximate surface area is 121 Å². The number of hydrogen-bond acceptors (Lipinski definition) is 5. The molecule has 0 fully saturated rings. The number of rotatable bonds is 9. The SMILES string of the molecule is CCOCCCC(Cc1ncc(C)c(OC)c1C)NN. The summed E-state index contributed by atoms with van der Waals surface area (Å²) in [5.41, 5.74) is 6.06. The van der Waals surface area contributed by atoms with Crippen LogP contribution in [0.25, 0.3) is 0 Å². The first-order valence-corrected chi connectivity index (χ1v) is 7.16. The van der Waals surface area contributed by atoms with Gasteiger partial charge in [0.25, 0.3) is 0 Å². The highest BCUT2D eigenvalue weighted by Gasteiger charge is 2.14. The smallest absolute Gasteiger partial charge is 0.128 e. The van der Waals surface area contributed by atoms with Crippen LogP contribution in [-0.4, -0.2) is 31.3 Å². The van der Waals surface area contributed by atoms with Crippen LogP contribution in [0.1, 0.15) is 36.6 Å². The second-order valence-electron chi connectivity index (χ2n) is 4.95. The standard InChI is InChI=1S/C15H27N3O2/c1-5-20-8-6-7-13(18-16)9-14-12(3)15(19-4)11(2)10-17-14/h10,13,18H,5-9,16H2,1-4H3. The van der Waals surface area contributed by atoms with Crippen molar-refractivity contribution in [3.63, 3.8) is 0 Å². The summed E-state index contributed by atoms with van der Waals surface area (Å²) >= 11 is 0. The van der Waals surface area contributed by atoms with Crippen LogP contribution in [0.5, 0.6) is 5.75 Å². The number of aryl methyl sites for hydroxylation is 1. The van der Waals surface area contributed by atoms with Gasteiger partial charge in [0.05, 0.1) is 7.11 Å². The van der Waals surface area contributed by atoms with Crippen LogP contribution >= 0.6 is 0 Å². The van der Waals surface area contributed by atoms with Gasteiger partial charge in [-0.05, 0) is 33.6 Å². The minimum absolute atomic E-state index is 0.203. The summed E-state index contributed by atoms with van der Waals surface area (Å²) in [6.45, 7) is 7.59. The normalized spacial score (nSPS) is 12.4. The molecule has 0 saturated heterocycles. The minimum atomic E-state index is 0.203. The van der Waals surface area contributed by atoms with E-state index in [2.05, 4.69) is 10.4 Å². The van der Waals surface area contributed by atoms with E-state index in [-0.39, 0.29) is 6.04 Å². The van der Waals surface area contributed by atoms with Crippen LogP contribution < -0.4 is 16.0 Å². The van der Waals surface area contributed by atoms with E-state index in [9.17, 15) is 0 Å². The van der Waals surface area contributed by atoms with Crippen LogP contribution in [0, 0.1) is 13.8 Å². The fourth-order valence-corrected chi connectivity index (χ4v) is 2.33. The number of nitrogens with two attached hydrogens (primary N) is 1. The number of aromatic nitrogens is 1. The molecule has 1 rings (SSSR count). The molecule has 1 unspecified atom stereocenters. The Morgan fingerprint density at radius 2 is 2.15 bits per heavy atom. The Balaban J connectivity index is 2.65. The Morgan fingerprint density at radius 1 is 1.40 bits per heavy atom. The molecule has 0 aliphatic rings. The summed E-state index contributed by atoms with van der Waals surface area (Å²) < 4.78 is 10.8. The molecule has 1 atom stereocenters. The van der Waals surface area contributed by atoms with Gasteiger partial charge in [-0.15, -0.1) is 0 Å². The van der Waals surface area contributed by atoms with Gasteiger partial charge >= 0.3 is 0 Å². The van der Waals surface area contributed by atoms with Gasteiger partial charge in [-0.2, -0.15) is 0 Å². The average molecular weight is 281 g/mol. The highest BCUT2D eigenvalue weighted by molar-refractivity contribution is 5.41. The summed E-state index contributed by atoms with van der Waals surface area (Å²) in [5, 5.41) is 0. The number of nitrogens with zero attached hydrogens (tertiary/aromatic N) is 1. The number of methoxy groups -OCH3 is 1. The average Bonchev–Trinajstić information content (AvgIpc) is 2.45. The molecule has 0 aliphatic heterocycles. The van der Waals surface area contributed by atoms with Crippen molar-refractivity contribution in [1.82, 2.24) is 10.4 Å². The molecule has 5 nitrogen and oxygen atoms in total. The summed E-state index contributed by atoms with van der Waals surface area (Å²) in [6, 6.07) is 0.203. The second-order valence-corrected chi connectivity index (χ2v) is 4.95. The first-order chi connectivity index (χ1) is 9.63. The lowest BCUT2D eigenvalue weighted by Gasteiger charge is -2.18. The van der Waals surface area contributed by atoms with E-state index in [4.69, 9.17) is 15.3 Å². The minimum Gasteiger partial charge on any atom is -0.496 e. The van der Waals surface area contributed by atoms with E-state index >= 15 is 0 Å². The maximum Gasteiger partial charge on any atom is 0.128 e. The largest absolute Gasteiger partial charge is 0.496 e. The molecule has 0 radical (unpaired) electrons. The number of ether oxygens (including phenoxy) is 2. The number of hydrazine groups is 1. The molecule has 0 aromatic carbocycles. The predicted molar refractivity (Wildman–Crippen MR) is 80.8 cm³/mol. The molecule has 0 amide bonds. The topological polar surface area (TPSA) is 69.4 Å². The van der Waals surface area contributed by atoms with Gasteiger partial charge < -0.3 is 9.47 Å². The zero-order valence-corrected chi connectivity index (χ0v) is 13.0. The summed E-state index contributed by atoms with van der Waals surface area (Å²) in [4.78, 5) is 4.51. The van der Waals surface area contributed by atoms with E-state index in [1.807, 2.05) is 27.0 Å². The Kier molecular flexibility index (Phi) is 7.51. The summed E-state index contributed by atoms with van der Waals surface area (Å²) in [7, 11) is 1.69. The summed E-state index contributed by atoms with van der Waals surface area (Å²) in [6.07, 6.45) is 4.61. The van der Waals surface area contributed by atoms with Crippen molar-refractivity contribution in [1.29, 1.82) is 0 Å². The van der Waals surface area contributed by atoms with E-state index < -0.39 is 0 Å². The fourth-order valence-electron chi connectivity index (χ4n) is 2.33. The quantitative estimate of drug-likeness (QED) is 0.411. The molecular formula is C15H27N3O2. The first-order valence-electron chi connectivity index (χ1n) is 7.16. The molecule has 1 aromatic heterocycles. The van der Waals surface area contributed by atoms with Gasteiger partial charge in [0.15, 0.2) is 0 Å². The molecule has 0 aliphatic carbocycles. The Hall–Kier alpha value is -1.17. The van der Waals surface area contributed by atoms with Gasteiger partial charge in [0.2, 0.25) is 0 Å². The van der Waals surface area contributed by atoms with Gasteiger partial charge in [-0.3, -0.25) is 16.3 Å². The van der Waals surface area contributed by atoms with Crippen LogP contribution in [0.2, 0.25) is 0 Å². The molecule has 1 heterocycles. The molecule has 20 heavy (non-hydrogen) atoms. The van der Waals surface area contributed by atoms with Crippen molar-refractivity contribution >= 4 is 0 Å². The van der Waals surface area contributed by atoms with Crippen molar-refractivity contribution in [3.8, 4) is 5.75 Å². The van der Waals surface area contributed by atoms with Gasteiger partial charge in [-0.25, -0.2) is 0 Å².